The first-order valence-corrected chi connectivity index (χ1v) is 8.15. The summed E-state index contributed by atoms with van der Waals surface area (Å²) in [6.07, 6.45) is 3.41. The quantitative estimate of drug-likeness (QED) is 0.757. The molecule has 1 aromatic heterocycles. The molecule has 0 bridgehead atoms. The van der Waals surface area contributed by atoms with Gasteiger partial charge in [0, 0.05) is 12.6 Å². The van der Waals surface area contributed by atoms with Gasteiger partial charge in [0.15, 0.2) is 0 Å². The molecular formula is C13H21N3O3S. The van der Waals surface area contributed by atoms with Crippen LogP contribution in [0.2, 0.25) is 0 Å². The van der Waals surface area contributed by atoms with Crippen LogP contribution in [0.4, 0.5) is 0 Å². The Morgan fingerprint density at radius 1 is 1.50 bits per heavy atom. The van der Waals surface area contributed by atoms with Crippen LogP contribution in [0, 0.1) is 13.8 Å². The van der Waals surface area contributed by atoms with Crippen LogP contribution >= 0.6 is 0 Å². The second-order valence-electron chi connectivity index (χ2n) is 5.04. The maximum Gasteiger partial charge on any atom is 0.247 e. The summed E-state index contributed by atoms with van der Waals surface area (Å²) in [6.45, 7) is 7.59. The van der Waals surface area contributed by atoms with Crippen LogP contribution in [0.25, 0.3) is 0 Å². The fourth-order valence-electron chi connectivity index (χ4n) is 2.42. The molecule has 1 aliphatic rings. The van der Waals surface area contributed by atoms with Crippen molar-refractivity contribution in [3.63, 3.8) is 0 Å². The number of hydrogen-bond acceptors (Lipinski definition) is 4. The third-order valence-electron chi connectivity index (χ3n) is 3.46. The normalized spacial score (nSPS) is 15.8. The van der Waals surface area contributed by atoms with E-state index in [0.717, 1.165) is 12.8 Å². The lowest BCUT2D eigenvalue weighted by Gasteiger charge is -2.20. The number of nitrogens with zero attached hydrogens (tertiary/aromatic N) is 3. The van der Waals surface area contributed by atoms with Gasteiger partial charge in [0.05, 0.1) is 24.5 Å². The first kappa shape index (κ1) is 15.2. The highest BCUT2D eigenvalue weighted by Gasteiger charge is 2.39. The highest BCUT2D eigenvalue weighted by molar-refractivity contribution is 7.89. The summed E-state index contributed by atoms with van der Waals surface area (Å²) >= 11 is 0. The molecule has 1 saturated carbocycles. The van der Waals surface area contributed by atoms with Crippen LogP contribution in [0.15, 0.2) is 17.6 Å². The number of hydrogen-bond donors (Lipinski definition) is 1. The van der Waals surface area contributed by atoms with Gasteiger partial charge in [-0.3, -0.25) is 4.68 Å². The maximum atomic E-state index is 12.8. The summed E-state index contributed by atoms with van der Waals surface area (Å²) in [4.78, 5) is 0.264. The van der Waals surface area contributed by atoms with Crippen LogP contribution < -0.4 is 0 Å². The molecule has 7 heteroatoms. The lowest BCUT2D eigenvalue weighted by Crippen LogP contribution is -2.34. The van der Waals surface area contributed by atoms with Gasteiger partial charge in [-0.1, -0.05) is 6.08 Å². The Bertz CT molecular complexity index is 603. The third-order valence-corrected chi connectivity index (χ3v) is 5.63. The SMILES string of the molecule is C=CCN(C1CC1)S(=O)(=O)c1c(C)nn(CCO)c1C. The second kappa shape index (κ2) is 5.67. The van der Waals surface area contributed by atoms with Crippen molar-refractivity contribution in [1.29, 1.82) is 0 Å². The molecule has 0 unspecified atom stereocenters. The van der Waals surface area contributed by atoms with E-state index in [9.17, 15) is 8.42 Å². The van der Waals surface area contributed by atoms with Crippen LogP contribution in [0.5, 0.6) is 0 Å². The average molecular weight is 299 g/mol. The summed E-state index contributed by atoms with van der Waals surface area (Å²) in [7, 11) is -3.56. The van der Waals surface area contributed by atoms with Crippen molar-refractivity contribution in [2.75, 3.05) is 13.2 Å². The predicted molar refractivity (Wildman–Crippen MR) is 75.9 cm³/mol. The summed E-state index contributed by atoms with van der Waals surface area (Å²) in [5.74, 6) is 0. The monoisotopic (exact) mass is 299 g/mol. The number of aliphatic hydroxyl groups excluding tert-OH is 1. The molecule has 0 radical (unpaired) electrons. The first-order valence-electron chi connectivity index (χ1n) is 6.71. The Morgan fingerprint density at radius 3 is 2.65 bits per heavy atom. The van der Waals surface area contributed by atoms with Gasteiger partial charge in [-0.2, -0.15) is 9.40 Å². The first-order chi connectivity index (χ1) is 9.43. The van der Waals surface area contributed by atoms with Gasteiger partial charge in [-0.05, 0) is 26.7 Å². The molecule has 2 rings (SSSR count). The van der Waals surface area contributed by atoms with Crippen LogP contribution in [-0.4, -0.2) is 46.8 Å². The van der Waals surface area contributed by atoms with Crippen LogP contribution in [0.1, 0.15) is 24.2 Å². The molecule has 1 aromatic rings. The largest absolute Gasteiger partial charge is 0.394 e. The number of rotatable bonds is 7. The number of sulfonamides is 1. The van der Waals surface area contributed by atoms with Crippen LogP contribution in [-0.2, 0) is 16.6 Å². The molecule has 20 heavy (non-hydrogen) atoms. The van der Waals surface area contributed by atoms with E-state index in [1.807, 2.05) is 0 Å². The maximum absolute atomic E-state index is 12.8. The van der Waals surface area contributed by atoms with Crippen molar-refractivity contribution in [3.8, 4) is 0 Å². The van der Waals surface area contributed by atoms with Crippen molar-refractivity contribution >= 4 is 10.0 Å². The average Bonchev–Trinajstić information content (AvgIpc) is 3.14. The zero-order valence-electron chi connectivity index (χ0n) is 11.9. The summed E-state index contributed by atoms with van der Waals surface area (Å²) in [6, 6.07) is 0.0815. The van der Waals surface area contributed by atoms with E-state index < -0.39 is 10.0 Å². The summed E-state index contributed by atoms with van der Waals surface area (Å²) in [5, 5.41) is 13.2. The van der Waals surface area contributed by atoms with E-state index in [2.05, 4.69) is 11.7 Å². The van der Waals surface area contributed by atoms with E-state index in [4.69, 9.17) is 5.11 Å². The van der Waals surface area contributed by atoms with E-state index in [1.54, 1.807) is 24.6 Å². The molecule has 1 heterocycles. The molecule has 0 spiro atoms. The smallest absolute Gasteiger partial charge is 0.247 e. The minimum atomic E-state index is -3.56. The Hall–Kier alpha value is -1.18. The number of aromatic nitrogens is 2. The molecule has 1 fully saturated rings. The highest BCUT2D eigenvalue weighted by atomic mass is 32.2. The topological polar surface area (TPSA) is 75.4 Å². The number of aliphatic hydroxyl groups is 1. The summed E-state index contributed by atoms with van der Waals surface area (Å²) in [5.41, 5.74) is 1.05. The lowest BCUT2D eigenvalue weighted by atomic mass is 10.4. The van der Waals surface area contributed by atoms with Gasteiger partial charge in [0.25, 0.3) is 0 Å². The van der Waals surface area contributed by atoms with Gasteiger partial charge in [-0.15, -0.1) is 6.58 Å². The fourth-order valence-corrected chi connectivity index (χ4v) is 4.45. The van der Waals surface area contributed by atoms with Gasteiger partial charge < -0.3 is 5.11 Å². The summed E-state index contributed by atoms with van der Waals surface area (Å²) < 4.78 is 28.7. The van der Waals surface area contributed by atoms with Crippen molar-refractivity contribution in [2.24, 2.45) is 0 Å². The minimum absolute atomic E-state index is 0.0690. The van der Waals surface area contributed by atoms with Crippen molar-refractivity contribution in [2.45, 2.75) is 44.2 Å². The Morgan fingerprint density at radius 2 is 2.15 bits per heavy atom. The zero-order valence-corrected chi connectivity index (χ0v) is 12.7. The van der Waals surface area contributed by atoms with E-state index >= 15 is 0 Å². The highest BCUT2D eigenvalue weighted by Crippen LogP contribution is 2.33. The standard InChI is InChI=1S/C13H21N3O3S/c1-4-7-16(12-5-6-12)20(18,19)13-10(2)14-15(8-9-17)11(13)3/h4,12,17H,1,5-9H2,2-3H3. The molecule has 112 valence electrons. The van der Waals surface area contributed by atoms with Gasteiger partial charge in [-0.25, -0.2) is 8.42 Å². The minimum Gasteiger partial charge on any atom is -0.394 e. The molecule has 1 N–H and O–H groups in total. The molecule has 0 atom stereocenters. The molecular weight excluding hydrogens is 278 g/mol. The van der Waals surface area contributed by atoms with E-state index in [0.29, 0.717) is 24.5 Å². The molecule has 0 saturated heterocycles. The second-order valence-corrected chi connectivity index (χ2v) is 6.87. The van der Waals surface area contributed by atoms with Crippen molar-refractivity contribution < 1.29 is 13.5 Å². The Kier molecular flexibility index (Phi) is 4.31. The van der Waals surface area contributed by atoms with Crippen LogP contribution in [0.3, 0.4) is 0 Å². The van der Waals surface area contributed by atoms with Crippen molar-refractivity contribution in [1.82, 2.24) is 14.1 Å². The lowest BCUT2D eigenvalue weighted by molar-refractivity contribution is 0.267. The third kappa shape index (κ3) is 2.65. The van der Waals surface area contributed by atoms with Gasteiger partial charge >= 0.3 is 0 Å². The molecule has 0 aromatic carbocycles. The molecule has 6 nitrogen and oxygen atoms in total. The zero-order chi connectivity index (χ0) is 14.9. The Labute approximate surface area is 119 Å². The number of aryl methyl sites for hydroxylation is 1. The molecule has 0 amide bonds. The predicted octanol–water partition coefficient (Wildman–Crippen LogP) is 0.831. The molecule has 0 aliphatic heterocycles. The van der Waals surface area contributed by atoms with Gasteiger partial charge in [0.1, 0.15) is 4.90 Å². The van der Waals surface area contributed by atoms with E-state index in [1.165, 1.54) is 4.31 Å². The van der Waals surface area contributed by atoms with E-state index in [-0.39, 0.29) is 17.5 Å². The van der Waals surface area contributed by atoms with Crippen molar-refractivity contribution in [3.05, 3.63) is 24.0 Å². The fraction of sp³-hybridized carbons (Fsp3) is 0.615. The molecule has 1 aliphatic carbocycles. The van der Waals surface area contributed by atoms with Gasteiger partial charge in [0.2, 0.25) is 10.0 Å². The Balaban J connectivity index is 2.45.